The monoisotopic (exact) mass is 420 g/mol. The van der Waals surface area contributed by atoms with E-state index in [1.165, 1.54) is 0 Å². The zero-order chi connectivity index (χ0) is 22.4. The zero-order valence-corrected chi connectivity index (χ0v) is 18.2. The highest BCUT2D eigenvalue weighted by atomic mass is 16.5. The molecule has 162 valence electrons. The van der Waals surface area contributed by atoms with Gasteiger partial charge in [0.05, 0.1) is 7.11 Å². The van der Waals surface area contributed by atoms with Crippen LogP contribution in [0.25, 0.3) is 0 Å². The Hall–Kier alpha value is -3.61. The lowest BCUT2D eigenvalue weighted by Crippen LogP contribution is -2.50. The molecule has 2 amide bonds. The van der Waals surface area contributed by atoms with Crippen molar-refractivity contribution in [3.63, 3.8) is 0 Å². The van der Waals surface area contributed by atoms with Crippen LogP contribution in [-0.2, 0) is 11.8 Å². The molecule has 0 aliphatic heterocycles. The first-order valence-corrected chi connectivity index (χ1v) is 10.2. The third kappa shape index (κ3) is 5.31. The summed E-state index contributed by atoms with van der Waals surface area (Å²) in [5.74, 6) is 0.750. The van der Waals surface area contributed by atoms with Crippen LogP contribution in [-0.4, -0.2) is 34.5 Å². The van der Waals surface area contributed by atoms with E-state index in [0.717, 1.165) is 11.3 Å². The van der Waals surface area contributed by atoms with E-state index in [4.69, 9.17) is 4.74 Å². The van der Waals surface area contributed by atoms with Crippen molar-refractivity contribution in [2.24, 2.45) is 13.0 Å². The summed E-state index contributed by atoms with van der Waals surface area (Å²) in [5.41, 5.74) is 1.37. The first kappa shape index (κ1) is 22.1. The van der Waals surface area contributed by atoms with Gasteiger partial charge in [-0.15, -0.1) is 0 Å². The number of carbonyl (C=O) groups excluding carboxylic acids is 2. The SMILES string of the molecule is COc1ccc([C@@H](NC(=O)[C@H](NC(=O)c2ccccc2)C(C)C)c2nccn2C)cc1. The number of hydrogen-bond acceptors (Lipinski definition) is 4. The van der Waals surface area contributed by atoms with Crippen molar-refractivity contribution >= 4 is 11.8 Å². The molecule has 0 saturated heterocycles. The van der Waals surface area contributed by atoms with Crippen LogP contribution in [0.2, 0.25) is 0 Å². The average molecular weight is 421 g/mol. The Morgan fingerprint density at radius 1 is 1.00 bits per heavy atom. The summed E-state index contributed by atoms with van der Waals surface area (Å²) in [5, 5.41) is 5.94. The van der Waals surface area contributed by atoms with Gasteiger partial charge in [-0.1, -0.05) is 44.2 Å². The van der Waals surface area contributed by atoms with Crippen LogP contribution >= 0.6 is 0 Å². The minimum atomic E-state index is -0.700. The molecular weight excluding hydrogens is 392 g/mol. The molecule has 0 bridgehead atoms. The van der Waals surface area contributed by atoms with Gasteiger partial charge in [-0.2, -0.15) is 0 Å². The molecule has 0 aliphatic carbocycles. The van der Waals surface area contributed by atoms with Gasteiger partial charge in [-0.25, -0.2) is 4.98 Å². The predicted octanol–water partition coefficient (Wildman–Crippen LogP) is 3.09. The number of methoxy groups -OCH3 is 1. The van der Waals surface area contributed by atoms with Gasteiger partial charge < -0.3 is 19.9 Å². The van der Waals surface area contributed by atoms with Gasteiger partial charge in [0.2, 0.25) is 5.91 Å². The largest absolute Gasteiger partial charge is 0.497 e. The summed E-state index contributed by atoms with van der Waals surface area (Å²) in [6.45, 7) is 3.80. The Morgan fingerprint density at radius 3 is 2.23 bits per heavy atom. The molecule has 2 aromatic carbocycles. The molecule has 2 atom stereocenters. The second kappa shape index (κ2) is 9.93. The van der Waals surface area contributed by atoms with Crippen molar-refractivity contribution in [1.82, 2.24) is 20.2 Å². The first-order valence-electron chi connectivity index (χ1n) is 10.2. The van der Waals surface area contributed by atoms with Crippen molar-refractivity contribution in [1.29, 1.82) is 0 Å². The van der Waals surface area contributed by atoms with Gasteiger partial charge in [0, 0.05) is 25.0 Å². The van der Waals surface area contributed by atoms with Crippen molar-refractivity contribution in [2.75, 3.05) is 7.11 Å². The van der Waals surface area contributed by atoms with Crippen LogP contribution in [0.1, 0.15) is 41.6 Å². The lowest BCUT2D eigenvalue weighted by atomic mass is 10.0. The molecule has 0 radical (unpaired) electrons. The number of aryl methyl sites for hydroxylation is 1. The zero-order valence-electron chi connectivity index (χ0n) is 18.2. The van der Waals surface area contributed by atoms with Gasteiger partial charge >= 0.3 is 0 Å². The third-order valence-electron chi connectivity index (χ3n) is 5.12. The third-order valence-corrected chi connectivity index (χ3v) is 5.12. The second-order valence-corrected chi connectivity index (χ2v) is 7.67. The molecule has 31 heavy (non-hydrogen) atoms. The highest BCUT2D eigenvalue weighted by Crippen LogP contribution is 2.23. The van der Waals surface area contributed by atoms with E-state index in [1.807, 2.05) is 62.0 Å². The summed E-state index contributed by atoms with van der Waals surface area (Å²) in [7, 11) is 3.48. The molecule has 0 aliphatic rings. The Morgan fingerprint density at radius 2 is 1.68 bits per heavy atom. The van der Waals surface area contributed by atoms with Crippen molar-refractivity contribution in [2.45, 2.75) is 25.9 Å². The predicted molar refractivity (Wildman–Crippen MR) is 119 cm³/mol. The summed E-state index contributed by atoms with van der Waals surface area (Å²) in [4.78, 5) is 30.4. The van der Waals surface area contributed by atoms with Crippen LogP contribution in [0.15, 0.2) is 67.0 Å². The van der Waals surface area contributed by atoms with Crippen LogP contribution in [0, 0.1) is 5.92 Å². The van der Waals surface area contributed by atoms with Crippen LogP contribution < -0.4 is 15.4 Å². The number of rotatable bonds is 8. The van der Waals surface area contributed by atoms with E-state index in [1.54, 1.807) is 37.6 Å². The second-order valence-electron chi connectivity index (χ2n) is 7.67. The van der Waals surface area contributed by atoms with E-state index in [2.05, 4.69) is 15.6 Å². The van der Waals surface area contributed by atoms with Crippen molar-refractivity contribution in [3.05, 3.63) is 83.9 Å². The van der Waals surface area contributed by atoms with E-state index in [9.17, 15) is 9.59 Å². The highest BCUT2D eigenvalue weighted by molar-refractivity contribution is 5.97. The van der Waals surface area contributed by atoms with Gasteiger partial charge in [0.15, 0.2) is 0 Å². The van der Waals surface area contributed by atoms with Crippen LogP contribution in [0.5, 0.6) is 5.75 Å². The summed E-state index contributed by atoms with van der Waals surface area (Å²) in [6, 6.07) is 15.2. The lowest BCUT2D eigenvalue weighted by molar-refractivity contribution is -0.124. The van der Waals surface area contributed by atoms with Gasteiger partial charge in [0.1, 0.15) is 23.7 Å². The highest BCUT2D eigenvalue weighted by Gasteiger charge is 2.29. The number of ether oxygens (including phenoxy) is 1. The molecular formula is C24H28N4O3. The minimum absolute atomic E-state index is 0.106. The molecule has 3 rings (SSSR count). The molecule has 0 unspecified atom stereocenters. The normalized spacial score (nSPS) is 12.8. The van der Waals surface area contributed by atoms with E-state index < -0.39 is 12.1 Å². The Bertz CT molecular complexity index is 1010. The number of aromatic nitrogens is 2. The standard InChI is InChI=1S/C24H28N4O3/c1-16(2)20(26-23(29)18-8-6-5-7-9-18)24(30)27-21(22-25-14-15-28(22)3)17-10-12-19(31-4)13-11-17/h5-16,20-21H,1-4H3,(H,26,29)(H,27,30)/t20-,21-/m1/s1. The number of amides is 2. The lowest BCUT2D eigenvalue weighted by Gasteiger charge is -2.26. The number of nitrogens with zero attached hydrogens (tertiary/aromatic N) is 2. The van der Waals surface area contributed by atoms with E-state index >= 15 is 0 Å². The first-order chi connectivity index (χ1) is 14.9. The Kier molecular flexibility index (Phi) is 7.07. The maximum atomic E-state index is 13.3. The quantitative estimate of drug-likeness (QED) is 0.586. The van der Waals surface area contributed by atoms with Crippen LogP contribution in [0.4, 0.5) is 0 Å². The molecule has 7 heteroatoms. The fourth-order valence-corrected chi connectivity index (χ4v) is 3.33. The van der Waals surface area contributed by atoms with E-state index in [0.29, 0.717) is 11.4 Å². The molecule has 0 spiro atoms. The maximum absolute atomic E-state index is 13.3. The maximum Gasteiger partial charge on any atom is 0.251 e. The van der Waals surface area contributed by atoms with E-state index in [-0.39, 0.29) is 17.7 Å². The number of hydrogen-bond donors (Lipinski definition) is 2. The summed E-state index contributed by atoms with van der Waals surface area (Å²) in [6.07, 6.45) is 3.52. The van der Waals surface area contributed by atoms with Crippen LogP contribution in [0.3, 0.4) is 0 Å². The number of benzene rings is 2. The van der Waals surface area contributed by atoms with Gasteiger partial charge in [0.25, 0.3) is 5.91 Å². The van der Waals surface area contributed by atoms with Gasteiger partial charge in [-0.05, 0) is 35.7 Å². The van der Waals surface area contributed by atoms with Crippen molar-refractivity contribution in [3.8, 4) is 5.75 Å². The summed E-state index contributed by atoms with van der Waals surface area (Å²) < 4.78 is 7.11. The Balaban J connectivity index is 1.85. The van der Waals surface area contributed by atoms with Gasteiger partial charge in [-0.3, -0.25) is 9.59 Å². The molecule has 1 aromatic heterocycles. The number of nitrogens with one attached hydrogen (secondary N) is 2. The summed E-state index contributed by atoms with van der Waals surface area (Å²) >= 11 is 0. The number of carbonyl (C=O) groups is 2. The molecule has 3 aromatic rings. The Labute approximate surface area is 182 Å². The molecule has 7 nitrogen and oxygen atoms in total. The van der Waals surface area contributed by atoms with Crippen molar-refractivity contribution < 1.29 is 14.3 Å². The molecule has 1 heterocycles. The molecule has 0 fully saturated rings. The molecule has 2 N–H and O–H groups in total. The average Bonchev–Trinajstić information content (AvgIpc) is 3.21. The smallest absolute Gasteiger partial charge is 0.251 e. The number of imidazole rings is 1. The molecule has 0 saturated carbocycles. The fourth-order valence-electron chi connectivity index (χ4n) is 3.33. The topological polar surface area (TPSA) is 85.2 Å². The fraction of sp³-hybridized carbons (Fsp3) is 0.292. The minimum Gasteiger partial charge on any atom is -0.497 e.